The van der Waals surface area contributed by atoms with Gasteiger partial charge < -0.3 is 15.0 Å². The summed E-state index contributed by atoms with van der Waals surface area (Å²) < 4.78 is 5.36. The van der Waals surface area contributed by atoms with Crippen LogP contribution in [0.5, 0.6) is 0 Å². The molecule has 2 rings (SSSR count). The van der Waals surface area contributed by atoms with Gasteiger partial charge in [-0.1, -0.05) is 6.92 Å². The molecule has 2 fully saturated rings. The number of amides is 2. The summed E-state index contributed by atoms with van der Waals surface area (Å²) in [5.74, 6) is -0.0189. The molecule has 0 aromatic carbocycles. The SMILES string of the molecule is CCC1NC(=O)CN(C2CCCOC2)C1=O. The molecule has 5 heteroatoms. The summed E-state index contributed by atoms with van der Waals surface area (Å²) in [6.07, 6.45) is 2.55. The van der Waals surface area contributed by atoms with E-state index >= 15 is 0 Å². The van der Waals surface area contributed by atoms with E-state index in [4.69, 9.17) is 4.74 Å². The van der Waals surface area contributed by atoms with Crippen LogP contribution < -0.4 is 5.32 Å². The smallest absolute Gasteiger partial charge is 0.245 e. The van der Waals surface area contributed by atoms with Gasteiger partial charge in [-0.15, -0.1) is 0 Å². The molecule has 2 aliphatic heterocycles. The zero-order valence-electron chi connectivity index (χ0n) is 9.57. The van der Waals surface area contributed by atoms with Crippen LogP contribution in [0.4, 0.5) is 0 Å². The molecule has 0 spiro atoms. The number of nitrogens with one attached hydrogen (secondary N) is 1. The number of hydrogen-bond donors (Lipinski definition) is 1. The minimum Gasteiger partial charge on any atom is -0.379 e. The molecule has 2 aliphatic rings. The van der Waals surface area contributed by atoms with Crippen LogP contribution in [0.25, 0.3) is 0 Å². The van der Waals surface area contributed by atoms with Gasteiger partial charge in [0.25, 0.3) is 0 Å². The molecule has 90 valence electrons. The van der Waals surface area contributed by atoms with Gasteiger partial charge in [-0.25, -0.2) is 0 Å². The second-order valence-corrected chi connectivity index (χ2v) is 4.37. The highest BCUT2D eigenvalue weighted by atomic mass is 16.5. The number of carbonyl (C=O) groups excluding carboxylic acids is 2. The molecule has 16 heavy (non-hydrogen) atoms. The van der Waals surface area contributed by atoms with Crippen molar-refractivity contribution in [2.45, 2.75) is 38.3 Å². The monoisotopic (exact) mass is 226 g/mol. The fourth-order valence-electron chi connectivity index (χ4n) is 2.29. The average molecular weight is 226 g/mol. The third kappa shape index (κ3) is 2.19. The van der Waals surface area contributed by atoms with Crippen molar-refractivity contribution in [3.05, 3.63) is 0 Å². The van der Waals surface area contributed by atoms with Crippen molar-refractivity contribution in [2.24, 2.45) is 0 Å². The number of rotatable bonds is 2. The number of ether oxygens (including phenoxy) is 1. The van der Waals surface area contributed by atoms with Crippen LogP contribution in [0.15, 0.2) is 0 Å². The average Bonchev–Trinajstić information content (AvgIpc) is 2.33. The first-order chi connectivity index (χ1) is 7.72. The molecule has 2 heterocycles. The summed E-state index contributed by atoms with van der Waals surface area (Å²) in [7, 11) is 0. The first-order valence-corrected chi connectivity index (χ1v) is 5.90. The number of carbonyl (C=O) groups is 2. The lowest BCUT2D eigenvalue weighted by molar-refractivity contribution is -0.149. The second-order valence-electron chi connectivity index (χ2n) is 4.37. The predicted octanol–water partition coefficient (Wildman–Crippen LogP) is -0.0976. The summed E-state index contributed by atoms with van der Waals surface area (Å²) in [6.45, 7) is 3.42. The first kappa shape index (κ1) is 11.4. The van der Waals surface area contributed by atoms with E-state index in [-0.39, 0.29) is 30.4 Å². The molecular weight excluding hydrogens is 208 g/mol. The third-order valence-electron chi connectivity index (χ3n) is 3.22. The van der Waals surface area contributed by atoms with Crippen molar-refractivity contribution in [1.29, 1.82) is 0 Å². The van der Waals surface area contributed by atoms with Gasteiger partial charge in [0.2, 0.25) is 11.8 Å². The Morgan fingerprint density at radius 3 is 2.94 bits per heavy atom. The van der Waals surface area contributed by atoms with Crippen molar-refractivity contribution in [1.82, 2.24) is 10.2 Å². The van der Waals surface area contributed by atoms with Gasteiger partial charge >= 0.3 is 0 Å². The van der Waals surface area contributed by atoms with Crippen molar-refractivity contribution in [2.75, 3.05) is 19.8 Å². The lowest BCUT2D eigenvalue weighted by Crippen LogP contribution is -2.61. The lowest BCUT2D eigenvalue weighted by atomic mass is 10.0. The molecule has 0 bridgehead atoms. The van der Waals surface area contributed by atoms with E-state index in [2.05, 4.69) is 5.32 Å². The van der Waals surface area contributed by atoms with Crippen LogP contribution in [0.3, 0.4) is 0 Å². The quantitative estimate of drug-likeness (QED) is 0.715. The molecule has 5 nitrogen and oxygen atoms in total. The Bertz CT molecular complexity index is 287. The number of nitrogens with zero attached hydrogens (tertiary/aromatic N) is 1. The Labute approximate surface area is 95.1 Å². The maximum atomic E-state index is 12.1. The van der Waals surface area contributed by atoms with Crippen LogP contribution in [-0.2, 0) is 14.3 Å². The van der Waals surface area contributed by atoms with Crippen molar-refractivity contribution in [3.8, 4) is 0 Å². The molecule has 0 aromatic heterocycles. The fraction of sp³-hybridized carbons (Fsp3) is 0.818. The van der Waals surface area contributed by atoms with Crippen LogP contribution in [-0.4, -0.2) is 48.6 Å². The largest absolute Gasteiger partial charge is 0.379 e. The Morgan fingerprint density at radius 1 is 1.50 bits per heavy atom. The summed E-state index contributed by atoms with van der Waals surface area (Å²) >= 11 is 0. The maximum absolute atomic E-state index is 12.1. The molecule has 2 amide bonds. The predicted molar refractivity (Wildman–Crippen MR) is 57.8 cm³/mol. The van der Waals surface area contributed by atoms with E-state index in [0.717, 1.165) is 19.4 Å². The highest BCUT2D eigenvalue weighted by Gasteiger charge is 2.36. The van der Waals surface area contributed by atoms with Crippen LogP contribution >= 0.6 is 0 Å². The summed E-state index contributed by atoms with van der Waals surface area (Å²) in [6, 6.07) is -0.260. The molecule has 2 atom stereocenters. The Kier molecular flexibility index (Phi) is 3.43. The highest BCUT2D eigenvalue weighted by molar-refractivity contribution is 5.95. The second kappa shape index (κ2) is 4.82. The zero-order chi connectivity index (χ0) is 11.5. The molecule has 2 unspecified atom stereocenters. The molecule has 0 saturated carbocycles. The third-order valence-corrected chi connectivity index (χ3v) is 3.22. The molecular formula is C11H18N2O3. The number of piperazine rings is 1. The molecule has 0 aliphatic carbocycles. The van der Waals surface area contributed by atoms with E-state index in [0.29, 0.717) is 13.0 Å². The van der Waals surface area contributed by atoms with Crippen LogP contribution in [0.1, 0.15) is 26.2 Å². The van der Waals surface area contributed by atoms with Gasteiger partial charge in [0.05, 0.1) is 19.2 Å². The first-order valence-electron chi connectivity index (χ1n) is 5.90. The van der Waals surface area contributed by atoms with Gasteiger partial charge in [-0.05, 0) is 19.3 Å². The van der Waals surface area contributed by atoms with Gasteiger partial charge in [-0.2, -0.15) is 0 Å². The van der Waals surface area contributed by atoms with Crippen molar-refractivity contribution >= 4 is 11.8 Å². The topological polar surface area (TPSA) is 58.6 Å². The van der Waals surface area contributed by atoms with Gasteiger partial charge in [-0.3, -0.25) is 9.59 Å². The normalized spacial score (nSPS) is 31.4. The molecule has 2 saturated heterocycles. The summed E-state index contributed by atoms with van der Waals surface area (Å²) in [5.41, 5.74) is 0. The van der Waals surface area contributed by atoms with Crippen LogP contribution in [0.2, 0.25) is 0 Å². The highest BCUT2D eigenvalue weighted by Crippen LogP contribution is 2.17. The van der Waals surface area contributed by atoms with Crippen LogP contribution in [0, 0.1) is 0 Å². The maximum Gasteiger partial charge on any atom is 0.245 e. The van der Waals surface area contributed by atoms with Crippen molar-refractivity contribution < 1.29 is 14.3 Å². The summed E-state index contributed by atoms with van der Waals surface area (Å²) in [4.78, 5) is 25.2. The molecule has 0 aromatic rings. The number of hydrogen-bond acceptors (Lipinski definition) is 3. The van der Waals surface area contributed by atoms with E-state index < -0.39 is 0 Å². The Balaban J connectivity index is 2.06. The van der Waals surface area contributed by atoms with Gasteiger partial charge in [0.15, 0.2) is 0 Å². The minimum atomic E-state index is -0.344. The molecule has 1 N–H and O–H groups in total. The zero-order valence-corrected chi connectivity index (χ0v) is 9.57. The minimum absolute atomic E-state index is 0.0394. The Morgan fingerprint density at radius 2 is 2.31 bits per heavy atom. The fourth-order valence-corrected chi connectivity index (χ4v) is 2.29. The van der Waals surface area contributed by atoms with E-state index in [9.17, 15) is 9.59 Å². The van der Waals surface area contributed by atoms with E-state index in [1.807, 2.05) is 6.92 Å². The lowest BCUT2D eigenvalue weighted by Gasteiger charge is -2.39. The standard InChI is InChI=1S/C11H18N2O3/c1-2-9-11(15)13(6-10(14)12-9)8-4-3-5-16-7-8/h8-9H,2-7H2,1H3,(H,12,14). The van der Waals surface area contributed by atoms with Gasteiger partial charge in [0, 0.05) is 6.61 Å². The van der Waals surface area contributed by atoms with Crippen molar-refractivity contribution in [3.63, 3.8) is 0 Å². The molecule has 0 radical (unpaired) electrons. The summed E-state index contributed by atoms with van der Waals surface area (Å²) in [5, 5.41) is 2.71. The van der Waals surface area contributed by atoms with Gasteiger partial charge in [0.1, 0.15) is 6.04 Å². The Hall–Kier alpha value is -1.10. The van der Waals surface area contributed by atoms with E-state index in [1.54, 1.807) is 4.90 Å². The van der Waals surface area contributed by atoms with E-state index in [1.165, 1.54) is 0 Å².